The van der Waals surface area contributed by atoms with Crippen molar-refractivity contribution in [1.29, 1.82) is 0 Å². The maximum absolute atomic E-state index is 5.62. The average Bonchev–Trinajstić information content (AvgIpc) is 2.61. The largest absolute Gasteiger partial charge is 0.381 e. The van der Waals surface area contributed by atoms with E-state index < -0.39 is 0 Å². The van der Waals surface area contributed by atoms with Gasteiger partial charge in [-0.2, -0.15) is 0 Å². The summed E-state index contributed by atoms with van der Waals surface area (Å²) in [5.41, 5.74) is 6.00. The molecule has 0 amide bonds. The van der Waals surface area contributed by atoms with Gasteiger partial charge in [-0.1, -0.05) is 18.2 Å². The van der Waals surface area contributed by atoms with Crippen molar-refractivity contribution in [2.45, 2.75) is 0 Å². The molecule has 0 bridgehead atoms. The zero-order valence-corrected chi connectivity index (χ0v) is 9.55. The standard InChI is InChI=1S/C15H10N2O/c1-2-6-12-11(5-1)14-13(17-12)8-7-10-4-3-9-16-18-15(10)14/h1-9,16H. The number of benzene rings is 2. The molecule has 0 aromatic heterocycles. The van der Waals surface area contributed by atoms with E-state index in [-0.39, 0.29) is 0 Å². The van der Waals surface area contributed by atoms with Gasteiger partial charge in [0.25, 0.3) is 0 Å². The lowest BCUT2D eigenvalue weighted by Crippen LogP contribution is -2.19. The van der Waals surface area contributed by atoms with Crippen molar-refractivity contribution < 1.29 is 4.84 Å². The van der Waals surface area contributed by atoms with Gasteiger partial charge in [0.15, 0.2) is 5.75 Å². The molecule has 2 heterocycles. The van der Waals surface area contributed by atoms with Gasteiger partial charge < -0.3 is 4.84 Å². The van der Waals surface area contributed by atoms with E-state index in [0.717, 1.165) is 33.1 Å². The van der Waals surface area contributed by atoms with E-state index in [0.29, 0.717) is 0 Å². The van der Waals surface area contributed by atoms with E-state index >= 15 is 0 Å². The topological polar surface area (TPSA) is 33.6 Å². The molecule has 4 rings (SSSR count). The summed E-state index contributed by atoms with van der Waals surface area (Å²) < 4.78 is 0. The number of nitrogens with zero attached hydrogens (tertiary/aromatic N) is 1. The van der Waals surface area contributed by atoms with Gasteiger partial charge in [0, 0.05) is 17.0 Å². The van der Waals surface area contributed by atoms with Crippen LogP contribution in [0.25, 0.3) is 17.2 Å². The van der Waals surface area contributed by atoms with Gasteiger partial charge in [-0.25, -0.2) is 10.5 Å². The summed E-state index contributed by atoms with van der Waals surface area (Å²) in [5, 5.41) is 2.02. The fourth-order valence-corrected chi connectivity index (χ4v) is 2.38. The number of hydrogen-bond donors (Lipinski definition) is 1. The fraction of sp³-hybridized carbons (Fsp3) is 0. The first kappa shape index (κ1) is 9.48. The van der Waals surface area contributed by atoms with Gasteiger partial charge in [0.1, 0.15) is 0 Å². The van der Waals surface area contributed by atoms with Gasteiger partial charge in [0.2, 0.25) is 0 Å². The molecule has 0 atom stereocenters. The first-order chi connectivity index (χ1) is 8.93. The minimum atomic E-state index is 0.839. The molecule has 0 radical (unpaired) electrons. The molecule has 1 N–H and O–H groups in total. The molecule has 3 heteroatoms. The Hall–Kier alpha value is -2.55. The summed E-state index contributed by atoms with van der Waals surface area (Å²) >= 11 is 0. The summed E-state index contributed by atoms with van der Waals surface area (Å²) in [6.45, 7) is 0. The van der Waals surface area contributed by atoms with Crippen molar-refractivity contribution in [3.8, 4) is 16.9 Å². The van der Waals surface area contributed by atoms with Crippen molar-refractivity contribution in [3.05, 3.63) is 59.3 Å². The zero-order valence-electron chi connectivity index (χ0n) is 9.55. The van der Waals surface area contributed by atoms with E-state index in [1.54, 1.807) is 6.20 Å². The van der Waals surface area contributed by atoms with Crippen LogP contribution in [0, 0.1) is 0 Å². The van der Waals surface area contributed by atoms with E-state index in [2.05, 4.69) is 16.5 Å². The lowest BCUT2D eigenvalue weighted by molar-refractivity contribution is 0.243. The molecule has 2 aliphatic heterocycles. The minimum Gasteiger partial charge on any atom is -0.381 e. The highest BCUT2D eigenvalue weighted by Crippen LogP contribution is 2.35. The molecule has 0 saturated carbocycles. The van der Waals surface area contributed by atoms with Gasteiger partial charge >= 0.3 is 0 Å². The third kappa shape index (κ3) is 1.21. The summed E-state index contributed by atoms with van der Waals surface area (Å²) in [7, 11) is 0. The van der Waals surface area contributed by atoms with Crippen LogP contribution in [-0.2, 0) is 0 Å². The van der Waals surface area contributed by atoms with Crippen molar-refractivity contribution >= 4 is 11.8 Å². The molecule has 0 fully saturated rings. The second kappa shape index (κ2) is 3.47. The number of fused-ring (bicyclic) bond motifs is 5. The molecule has 86 valence electrons. The SMILES string of the molecule is C1=CNOc2c3c(ccc2=C1)=Nc1ccccc1-3. The quantitative estimate of drug-likeness (QED) is 0.643. The lowest BCUT2D eigenvalue weighted by Gasteiger charge is -2.08. The van der Waals surface area contributed by atoms with Gasteiger partial charge in [-0.15, -0.1) is 0 Å². The number of rotatable bonds is 0. The number of nitrogens with one attached hydrogen (secondary N) is 1. The predicted molar refractivity (Wildman–Crippen MR) is 69.7 cm³/mol. The van der Waals surface area contributed by atoms with E-state index in [1.165, 1.54) is 0 Å². The number of para-hydroxylation sites is 1. The summed E-state index contributed by atoms with van der Waals surface area (Å²) in [5.74, 6) is 0.839. The highest BCUT2D eigenvalue weighted by atomic mass is 16.6. The minimum absolute atomic E-state index is 0.839. The van der Waals surface area contributed by atoms with Crippen molar-refractivity contribution in [3.63, 3.8) is 0 Å². The molecular formula is C15H10N2O. The number of hydrogen-bond acceptors (Lipinski definition) is 3. The first-order valence-electron chi connectivity index (χ1n) is 5.84. The van der Waals surface area contributed by atoms with E-state index in [4.69, 9.17) is 4.84 Å². The fourth-order valence-electron chi connectivity index (χ4n) is 2.38. The summed E-state index contributed by atoms with van der Waals surface area (Å²) in [4.78, 5) is 10.2. The molecule has 2 aliphatic rings. The predicted octanol–water partition coefficient (Wildman–Crippen LogP) is 1.81. The Kier molecular flexibility index (Phi) is 1.83. The second-order valence-electron chi connectivity index (χ2n) is 4.25. The molecule has 0 spiro atoms. The first-order valence-corrected chi connectivity index (χ1v) is 5.84. The van der Waals surface area contributed by atoms with Crippen molar-refractivity contribution in [2.75, 3.05) is 0 Å². The number of allylic oxidation sites excluding steroid dienone is 1. The Bertz CT molecular complexity index is 791. The van der Waals surface area contributed by atoms with Crippen molar-refractivity contribution in [1.82, 2.24) is 5.48 Å². The Morgan fingerprint density at radius 2 is 2.00 bits per heavy atom. The van der Waals surface area contributed by atoms with Crippen molar-refractivity contribution in [2.24, 2.45) is 4.99 Å². The summed E-state index contributed by atoms with van der Waals surface area (Å²) in [6, 6.07) is 12.2. The third-order valence-corrected chi connectivity index (χ3v) is 3.18. The van der Waals surface area contributed by atoms with Crippen LogP contribution < -0.4 is 20.9 Å². The molecular weight excluding hydrogens is 224 g/mol. The maximum atomic E-state index is 5.62. The highest BCUT2D eigenvalue weighted by Gasteiger charge is 2.19. The van der Waals surface area contributed by atoms with Crippen LogP contribution in [-0.4, -0.2) is 0 Å². The van der Waals surface area contributed by atoms with Gasteiger partial charge in [-0.05, 0) is 30.4 Å². The number of hydroxylamine groups is 1. The van der Waals surface area contributed by atoms with Crippen LogP contribution in [0.15, 0.2) is 53.7 Å². The average molecular weight is 234 g/mol. The van der Waals surface area contributed by atoms with Crippen LogP contribution >= 0.6 is 0 Å². The monoisotopic (exact) mass is 234 g/mol. The van der Waals surface area contributed by atoms with Crippen LogP contribution in [0.2, 0.25) is 0 Å². The Balaban J connectivity index is 2.12. The Morgan fingerprint density at radius 1 is 1.06 bits per heavy atom. The lowest BCUT2D eigenvalue weighted by atomic mass is 10.0. The van der Waals surface area contributed by atoms with Gasteiger partial charge in [0.05, 0.1) is 16.6 Å². The Morgan fingerprint density at radius 3 is 3.00 bits per heavy atom. The molecule has 3 nitrogen and oxygen atoms in total. The third-order valence-electron chi connectivity index (χ3n) is 3.18. The van der Waals surface area contributed by atoms with Crippen LogP contribution in [0.5, 0.6) is 5.75 Å². The molecule has 0 saturated heterocycles. The van der Waals surface area contributed by atoms with Crippen LogP contribution in [0.1, 0.15) is 0 Å². The van der Waals surface area contributed by atoms with Gasteiger partial charge in [-0.3, -0.25) is 0 Å². The second-order valence-corrected chi connectivity index (χ2v) is 4.25. The molecule has 0 unspecified atom stereocenters. The van der Waals surface area contributed by atoms with E-state index in [1.807, 2.05) is 42.5 Å². The Labute approximate surface area is 104 Å². The molecule has 18 heavy (non-hydrogen) atoms. The van der Waals surface area contributed by atoms with E-state index in [9.17, 15) is 0 Å². The zero-order chi connectivity index (χ0) is 11.9. The molecule has 2 aromatic carbocycles. The molecule has 2 aromatic rings. The highest BCUT2D eigenvalue weighted by molar-refractivity contribution is 5.83. The normalized spacial score (nSPS) is 14.0. The molecule has 0 aliphatic carbocycles. The van der Waals surface area contributed by atoms with Crippen LogP contribution in [0.3, 0.4) is 0 Å². The smallest absolute Gasteiger partial charge is 0.172 e. The van der Waals surface area contributed by atoms with Crippen LogP contribution in [0.4, 0.5) is 5.69 Å². The maximum Gasteiger partial charge on any atom is 0.172 e. The summed E-state index contributed by atoms with van der Waals surface area (Å²) in [6.07, 6.45) is 5.72.